The summed E-state index contributed by atoms with van der Waals surface area (Å²) >= 11 is 0. The van der Waals surface area contributed by atoms with Crippen molar-refractivity contribution in [2.75, 3.05) is 68.4 Å². The Hall–Kier alpha value is -3.40. The minimum absolute atomic E-state index is 0.125. The van der Waals surface area contributed by atoms with Crippen LogP contribution in [0, 0.1) is 0 Å². The molecule has 0 bridgehead atoms. The Balaban J connectivity index is 1.15. The molecule has 188 valence electrons. The molecule has 3 aliphatic heterocycles. The van der Waals surface area contributed by atoms with E-state index in [1.165, 1.54) is 11.3 Å². The Labute approximate surface area is 211 Å². The number of benzene rings is 2. The van der Waals surface area contributed by atoms with Crippen molar-refractivity contribution in [3.8, 4) is 5.75 Å². The highest BCUT2D eigenvalue weighted by atomic mass is 16.7. The van der Waals surface area contributed by atoms with Crippen LogP contribution in [-0.4, -0.2) is 74.0 Å². The number of methoxy groups -OCH3 is 1. The summed E-state index contributed by atoms with van der Waals surface area (Å²) in [5.41, 5.74) is 3.24. The van der Waals surface area contributed by atoms with Crippen LogP contribution in [0.4, 0.5) is 23.0 Å². The van der Waals surface area contributed by atoms with Crippen molar-refractivity contribution in [2.45, 2.75) is 18.5 Å². The molecule has 9 nitrogen and oxygen atoms in total. The summed E-state index contributed by atoms with van der Waals surface area (Å²) in [6.45, 7) is 6.52. The molecule has 0 saturated carbocycles. The topological polar surface area (TPSA) is 75.2 Å². The number of nitrogens with one attached hydrogen (secondary N) is 1. The van der Waals surface area contributed by atoms with Crippen LogP contribution in [0.2, 0.25) is 0 Å². The van der Waals surface area contributed by atoms with Gasteiger partial charge in [-0.05, 0) is 17.7 Å². The van der Waals surface area contributed by atoms with Crippen molar-refractivity contribution < 1.29 is 14.3 Å². The first kappa shape index (κ1) is 23.0. The highest BCUT2D eigenvalue weighted by molar-refractivity contribution is 5.70. The fraction of sp³-hybridized carbons (Fsp3) is 0.407. The summed E-state index contributed by atoms with van der Waals surface area (Å²) in [6, 6.07) is 19.3. The average molecular weight is 489 g/mol. The fourth-order valence-electron chi connectivity index (χ4n) is 5.11. The third-order valence-electron chi connectivity index (χ3n) is 7.23. The monoisotopic (exact) mass is 488 g/mol. The van der Waals surface area contributed by atoms with Crippen molar-refractivity contribution in [1.82, 2.24) is 14.9 Å². The van der Waals surface area contributed by atoms with Crippen molar-refractivity contribution in [2.24, 2.45) is 0 Å². The minimum atomic E-state index is 0.125. The molecule has 3 saturated heterocycles. The molecule has 0 amide bonds. The summed E-state index contributed by atoms with van der Waals surface area (Å²) in [5, 5.41) is 5.30. The number of nitrogens with zero attached hydrogens (tertiary/aromatic N) is 5. The van der Waals surface area contributed by atoms with E-state index >= 15 is 0 Å². The lowest BCUT2D eigenvalue weighted by atomic mass is 10.0. The summed E-state index contributed by atoms with van der Waals surface area (Å²) < 4.78 is 11.1. The van der Waals surface area contributed by atoms with Gasteiger partial charge >= 0.3 is 0 Å². The molecule has 2 aromatic carbocycles. The first-order chi connectivity index (χ1) is 17.8. The van der Waals surface area contributed by atoms with Gasteiger partial charge in [-0.2, -0.15) is 0 Å². The van der Waals surface area contributed by atoms with Gasteiger partial charge < -0.3 is 19.7 Å². The zero-order valence-electron chi connectivity index (χ0n) is 20.5. The van der Waals surface area contributed by atoms with E-state index in [0.29, 0.717) is 18.5 Å². The van der Waals surface area contributed by atoms with E-state index in [1.807, 2.05) is 17.2 Å². The summed E-state index contributed by atoms with van der Waals surface area (Å²) in [7, 11) is 1.70. The van der Waals surface area contributed by atoms with Gasteiger partial charge in [-0.25, -0.2) is 15.0 Å². The molecule has 36 heavy (non-hydrogen) atoms. The number of anilines is 4. The van der Waals surface area contributed by atoms with Crippen LogP contribution in [-0.2, 0) is 9.57 Å². The van der Waals surface area contributed by atoms with Crippen LogP contribution in [0.1, 0.15) is 18.0 Å². The van der Waals surface area contributed by atoms with Crippen molar-refractivity contribution in [3.63, 3.8) is 0 Å². The summed E-state index contributed by atoms with van der Waals surface area (Å²) in [6.07, 6.45) is 2.48. The number of hydrogen-bond donors (Lipinski definition) is 1. The van der Waals surface area contributed by atoms with Crippen LogP contribution in [0.5, 0.6) is 5.75 Å². The maximum Gasteiger partial charge on any atom is 0.158 e. The van der Waals surface area contributed by atoms with E-state index in [2.05, 4.69) is 67.5 Å². The molecule has 4 heterocycles. The van der Waals surface area contributed by atoms with Gasteiger partial charge in [-0.3, -0.25) is 9.74 Å². The normalized spacial score (nSPS) is 20.9. The number of hydroxylamine groups is 1. The van der Waals surface area contributed by atoms with Crippen LogP contribution in [0.15, 0.2) is 60.9 Å². The molecule has 3 aliphatic rings. The molecular formula is C27H32N6O3. The van der Waals surface area contributed by atoms with Gasteiger partial charge in [0.15, 0.2) is 5.82 Å². The van der Waals surface area contributed by atoms with Crippen LogP contribution in [0.3, 0.4) is 0 Å². The highest BCUT2D eigenvalue weighted by Crippen LogP contribution is 2.36. The lowest BCUT2D eigenvalue weighted by Crippen LogP contribution is -2.56. The largest absolute Gasteiger partial charge is 0.494 e. The Kier molecular flexibility index (Phi) is 6.59. The first-order valence-corrected chi connectivity index (χ1v) is 12.6. The third kappa shape index (κ3) is 4.69. The zero-order valence-corrected chi connectivity index (χ0v) is 20.5. The van der Waals surface area contributed by atoms with E-state index in [9.17, 15) is 0 Å². The van der Waals surface area contributed by atoms with Gasteiger partial charge in [-0.15, -0.1) is 0 Å². The maximum atomic E-state index is 5.95. The quantitative estimate of drug-likeness (QED) is 0.537. The third-order valence-corrected chi connectivity index (χ3v) is 7.23. The standard InChI is InChI=1S/C27H32N6O3/c1-34-25-15-21(31-10-12-32(13-11-31)22-17-35-18-22)7-8-23(25)30-26-16-27(29-19-28-26)33-24(9-14-36-33)20-5-3-2-4-6-20/h2-8,15-16,19,22,24H,9-14,17-18H2,1H3,(H,28,29,30). The predicted octanol–water partition coefficient (Wildman–Crippen LogP) is 3.63. The molecule has 1 atom stereocenters. The van der Waals surface area contributed by atoms with E-state index in [4.69, 9.17) is 14.3 Å². The molecule has 9 heteroatoms. The Morgan fingerprint density at radius 3 is 2.56 bits per heavy atom. The fourth-order valence-corrected chi connectivity index (χ4v) is 5.11. The molecule has 1 aromatic heterocycles. The first-order valence-electron chi connectivity index (χ1n) is 12.6. The Morgan fingerprint density at radius 2 is 1.81 bits per heavy atom. The van der Waals surface area contributed by atoms with Crippen LogP contribution in [0.25, 0.3) is 0 Å². The molecule has 1 N–H and O–H groups in total. The molecule has 1 unspecified atom stereocenters. The average Bonchev–Trinajstić information content (AvgIpc) is 3.39. The number of ether oxygens (including phenoxy) is 2. The second-order valence-electron chi connectivity index (χ2n) is 9.36. The van der Waals surface area contributed by atoms with Crippen molar-refractivity contribution in [1.29, 1.82) is 0 Å². The highest BCUT2D eigenvalue weighted by Gasteiger charge is 2.30. The lowest BCUT2D eigenvalue weighted by Gasteiger charge is -2.43. The molecular weight excluding hydrogens is 456 g/mol. The molecule has 6 rings (SSSR count). The SMILES string of the molecule is COc1cc(N2CCN(C3COC3)CC2)ccc1Nc1cc(N2OCCC2c2ccccc2)ncn1. The van der Waals surface area contributed by atoms with Crippen LogP contribution < -0.4 is 20.0 Å². The van der Waals surface area contributed by atoms with Crippen LogP contribution >= 0.6 is 0 Å². The molecule has 0 aliphatic carbocycles. The number of piperazine rings is 1. The van der Waals surface area contributed by atoms with E-state index in [-0.39, 0.29) is 6.04 Å². The number of hydrogen-bond acceptors (Lipinski definition) is 9. The second kappa shape index (κ2) is 10.3. The van der Waals surface area contributed by atoms with Gasteiger partial charge in [0.1, 0.15) is 17.9 Å². The smallest absolute Gasteiger partial charge is 0.158 e. The predicted molar refractivity (Wildman–Crippen MR) is 139 cm³/mol. The molecule has 0 spiro atoms. The van der Waals surface area contributed by atoms with Crippen molar-refractivity contribution >= 4 is 23.0 Å². The van der Waals surface area contributed by atoms with E-state index < -0.39 is 0 Å². The van der Waals surface area contributed by atoms with E-state index in [1.54, 1.807) is 13.4 Å². The lowest BCUT2D eigenvalue weighted by molar-refractivity contribution is -0.0660. The Morgan fingerprint density at radius 1 is 0.972 bits per heavy atom. The summed E-state index contributed by atoms with van der Waals surface area (Å²) in [5.74, 6) is 2.19. The minimum Gasteiger partial charge on any atom is -0.494 e. The second-order valence-corrected chi connectivity index (χ2v) is 9.36. The molecule has 0 radical (unpaired) electrons. The van der Waals surface area contributed by atoms with Gasteiger partial charge in [-0.1, -0.05) is 30.3 Å². The van der Waals surface area contributed by atoms with Gasteiger partial charge in [0, 0.05) is 50.4 Å². The molecule has 3 fully saturated rings. The van der Waals surface area contributed by atoms with Gasteiger partial charge in [0.25, 0.3) is 0 Å². The zero-order chi connectivity index (χ0) is 24.3. The Bertz CT molecular complexity index is 1170. The van der Waals surface area contributed by atoms with E-state index in [0.717, 1.165) is 63.1 Å². The van der Waals surface area contributed by atoms with Gasteiger partial charge in [0.05, 0.1) is 44.7 Å². The summed E-state index contributed by atoms with van der Waals surface area (Å²) in [4.78, 5) is 19.8. The maximum absolute atomic E-state index is 5.95. The molecule has 3 aromatic rings. The number of aromatic nitrogens is 2. The number of rotatable bonds is 7. The van der Waals surface area contributed by atoms with Crippen molar-refractivity contribution in [3.05, 3.63) is 66.5 Å². The van der Waals surface area contributed by atoms with Gasteiger partial charge in [0.2, 0.25) is 0 Å².